The van der Waals surface area contributed by atoms with Crippen molar-refractivity contribution >= 4 is 5.97 Å². The maximum absolute atomic E-state index is 12.2. The zero-order valence-corrected chi connectivity index (χ0v) is 12.3. The number of carbonyl (C=O) groups is 1. The van der Waals surface area contributed by atoms with E-state index in [2.05, 4.69) is 6.07 Å². The molecule has 0 aliphatic rings. The number of carbonyl (C=O) groups excluding carboxylic acids is 1. The van der Waals surface area contributed by atoms with Crippen molar-refractivity contribution in [3.63, 3.8) is 0 Å². The van der Waals surface area contributed by atoms with Crippen LogP contribution in [0, 0.1) is 26.9 Å². The third kappa shape index (κ3) is 4.65. The highest BCUT2D eigenvalue weighted by Crippen LogP contribution is 2.36. The number of rotatable bonds is 9. The Kier molecular flexibility index (Phi) is 8.21. The summed E-state index contributed by atoms with van der Waals surface area (Å²) in [5, 5.41) is 19.8. The monoisotopic (exact) mass is 282 g/mol. The summed E-state index contributed by atoms with van der Waals surface area (Å²) in [6.45, 7) is 5.40. The smallest absolute Gasteiger partial charge is 0.330 e. The number of unbranched alkanes of at least 4 members (excludes halogenated alkanes) is 1. The van der Waals surface area contributed by atoms with Crippen LogP contribution in [0.1, 0.15) is 46.5 Å². The number of allylic oxidation sites excluding steroid dienone is 1. The molecule has 0 saturated heterocycles. The van der Waals surface area contributed by atoms with E-state index in [0.717, 1.165) is 0 Å². The molecular formula is C14H22N2O4. The number of nitriles is 1. The van der Waals surface area contributed by atoms with E-state index in [9.17, 15) is 20.2 Å². The van der Waals surface area contributed by atoms with E-state index in [-0.39, 0.29) is 19.6 Å². The van der Waals surface area contributed by atoms with Crippen molar-refractivity contribution in [2.45, 2.75) is 46.5 Å². The number of nitro groups is 1. The fourth-order valence-electron chi connectivity index (χ4n) is 2.20. The fraction of sp³-hybridized carbons (Fsp3) is 0.714. The molecule has 0 aromatic rings. The number of nitrogens with zero attached hydrogens (tertiary/aromatic N) is 2. The van der Waals surface area contributed by atoms with Gasteiger partial charge in [0, 0.05) is 11.3 Å². The summed E-state index contributed by atoms with van der Waals surface area (Å²) in [5.74, 6) is -0.557. The number of hydrogen-bond donors (Lipinski definition) is 0. The fourth-order valence-corrected chi connectivity index (χ4v) is 2.20. The van der Waals surface area contributed by atoms with Gasteiger partial charge in [0.2, 0.25) is 6.54 Å². The molecule has 0 N–H and O–H groups in total. The van der Waals surface area contributed by atoms with Gasteiger partial charge in [0.05, 0.1) is 12.7 Å². The molecule has 0 bridgehead atoms. The molecular weight excluding hydrogens is 260 g/mol. The quantitative estimate of drug-likeness (QED) is 0.213. The van der Waals surface area contributed by atoms with Crippen LogP contribution in [-0.2, 0) is 9.53 Å². The van der Waals surface area contributed by atoms with Gasteiger partial charge in [-0.25, -0.2) is 4.79 Å². The van der Waals surface area contributed by atoms with Crippen molar-refractivity contribution in [1.82, 2.24) is 0 Å². The van der Waals surface area contributed by atoms with Crippen LogP contribution in [0.5, 0.6) is 0 Å². The first-order valence-electron chi connectivity index (χ1n) is 6.84. The molecule has 0 fully saturated rings. The molecule has 6 heteroatoms. The maximum Gasteiger partial charge on any atom is 0.330 e. The van der Waals surface area contributed by atoms with Crippen LogP contribution in [0.2, 0.25) is 0 Å². The predicted octanol–water partition coefficient (Wildman–Crippen LogP) is 2.86. The van der Waals surface area contributed by atoms with Crippen molar-refractivity contribution in [1.29, 1.82) is 5.26 Å². The lowest BCUT2D eigenvalue weighted by molar-refractivity contribution is -0.480. The van der Waals surface area contributed by atoms with E-state index in [0.29, 0.717) is 24.8 Å². The Hall–Kier alpha value is -1.90. The second kappa shape index (κ2) is 9.08. The highest BCUT2D eigenvalue weighted by atomic mass is 16.6. The van der Waals surface area contributed by atoms with Gasteiger partial charge in [-0.15, -0.1) is 0 Å². The zero-order chi connectivity index (χ0) is 15.6. The summed E-state index contributed by atoms with van der Waals surface area (Å²) in [5.41, 5.74) is -0.601. The van der Waals surface area contributed by atoms with Crippen LogP contribution < -0.4 is 0 Å². The predicted molar refractivity (Wildman–Crippen MR) is 74.4 cm³/mol. The standard InChI is InChI=1S/C14H22N2O4/c1-4-12(5-2)14(11-15,13(17)20-6-3)9-7-8-10-16(18)19/h4H,5-10H2,1-3H3/b12-4+. The lowest BCUT2D eigenvalue weighted by Crippen LogP contribution is -2.34. The Morgan fingerprint density at radius 2 is 2.10 bits per heavy atom. The van der Waals surface area contributed by atoms with E-state index < -0.39 is 16.3 Å². The van der Waals surface area contributed by atoms with Gasteiger partial charge in [0.1, 0.15) is 0 Å². The molecule has 1 unspecified atom stereocenters. The molecule has 0 aromatic heterocycles. The normalized spacial score (nSPS) is 14.2. The number of ether oxygens (including phenoxy) is 1. The van der Waals surface area contributed by atoms with E-state index in [1.807, 2.05) is 6.92 Å². The summed E-state index contributed by atoms with van der Waals surface area (Å²) in [6, 6.07) is 2.08. The Bertz CT molecular complexity index is 412. The molecule has 6 nitrogen and oxygen atoms in total. The van der Waals surface area contributed by atoms with Crippen LogP contribution in [-0.4, -0.2) is 24.0 Å². The average molecular weight is 282 g/mol. The van der Waals surface area contributed by atoms with Crippen LogP contribution >= 0.6 is 0 Å². The molecule has 20 heavy (non-hydrogen) atoms. The lowest BCUT2D eigenvalue weighted by atomic mass is 9.75. The Balaban J connectivity index is 5.09. The summed E-state index contributed by atoms with van der Waals surface area (Å²) >= 11 is 0. The van der Waals surface area contributed by atoms with Gasteiger partial charge in [0.25, 0.3) is 0 Å². The first kappa shape index (κ1) is 18.1. The van der Waals surface area contributed by atoms with Crippen LogP contribution in [0.3, 0.4) is 0 Å². The third-order valence-corrected chi connectivity index (χ3v) is 3.23. The van der Waals surface area contributed by atoms with Crippen molar-refractivity contribution in [3.05, 3.63) is 21.8 Å². The van der Waals surface area contributed by atoms with Crippen molar-refractivity contribution in [2.75, 3.05) is 13.2 Å². The van der Waals surface area contributed by atoms with Gasteiger partial charge >= 0.3 is 5.97 Å². The summed E-state index contributed by atoms with van der Waals surface area (Å²) < 4.78 is 5.02. The van der Waals surface area contributed by atoms with E-state index in [1.165, 1.54) is 0 Å². The molecule has 0 aliphatic carbocycles. The second-order valence-corrected chi connectivity index (χ2v) is 4.42. The highest BCUT2D eigenvalue weighted by molar-refractivity contribution is 5.84. The Labute approximate surface area is 119 Å². The van der Waals surface area contributed by atoms with Gasteiger partial charge in [-0.05, 0) is 38.7 Å². The van der Waals surface area contributed by atoms with Gasteiger partial charge in [0.15, 0.2) is 5.41 Å². The molecule has 0 aliphatic heterocycles. The van der Waals surface area contributed by atoms with Gasteiger partial charge in [-0.2, -0.15) is 5.26 Å². The Morgan fingerprint density at radius 3 is 2.50 bits per heavy atom. The minimum atomic E-state index is -1.31. The number of hydrogen-bond acceptors (Lipinski definition) is 5. The highest BCUT2D eigenvalue weighted by Gasteiger charge is 2.42. The minimum absolute atomic E-state index is 0.151. The number of esters is 1. The summed E-state index contributed by atoms with van der Waals surface area (Å²) in [4.78, 5) is 22.1. The molecule has 0 rings (SSSR count). The molecule has 0 radical (unpaired) electrons. The minimum Gasteiger partial charge on any atom is -0.465 e. The summed E-state index contributed by atoms with van der Waals surface area (Å²) in [6.07, 6.45) is 3.36. The zero-order valence-electron chi connectivity index (χ0n) is 12.3. The van der Waals surface area contributed by atoms with Gasteiger partial charge in [-0.1, -0.05) is 13.0 Å². The van der Waals surface area contributed by atoms with E-state index >= 15 is 0 Å². The molecule has 1 atom stereocenters. The molecule has 0 heterocycles. The van der Waals surface area contributed by atoms with Crippen molar-refractivity contribution < 1.29 is 14.5 Å². The molecule has 0 aromatic carbocycles. The van der Waals surface area contributed by atoms with E-state index in [4.69, 9.17) is 4.74 Å². The third-order valence-electron chi connectivity index (χ3n) is 3.23. The first-order chi connectivity index (χ1) is 9.48. The average Bonchev–Trinajstić information content (AvgIpc) is 2.42. The van der Waals surface area contributed by atoms with Gasteiger partial charge in [-0.3, -0.25) is 10.1 Å². The molecule has 0 spiro atoms. The topological polar surface area (TPSA) is 93.2 Å². The lowest BCUT2D eigenvalue weighted by Gasteiger charge is -2.26. The van der Waals surface area contributed by atoms with Crippen LogP contribution in [0.25, 0.3) is 0 Å². The maximum atomic E-state index is 12.2. The van der Waals surface area contributed by atoms with Crippen LogP contribution in [0.15, 0.2) is 11.6 Å². The second-order valence-electron chi connectivity index (χ2n) is 4.42. The van der Waals surface area contributed by atoms with Crippen molar-refractivity contribution in [3.8, 4) is 6.07 Å². The summed E-state index contributed by atoms with van der Waals surface area (Å²) in [7, 11) is 0. The SMILES string of the molecule is C/C=C(\CC)C(C#N)(CCCC[N+](=O)[O-])C(=O)OCC. The molecule has 0 saturated carbocycles. The van der Waals surface area contributed by atoms with Gasteiger partial charge < -0.3 is 4.74 Å². The van der Waals surface area contributed by atoms with Crippen molar-refractivity contribution in [2.24, 2.45) is 5.41 Å². The molecule has 0 amide bonds. The van der Waals surface area contributed by atoms with Crippen LogP contribution in [0.4, 0.5) is 0 Å². The Morgan fingerprint density at radius 1 is 1.45 bits per heavy atom. The largest absolute Gasteiger partial charge is 0.465 e. The van der Waals surface area contributed by atoms with E-state index in [1.54, 1.807) is 19.9 Å². The molecule has 112 valence electrons. The first-order valence-corrected chi connectivity index (χ1v) is 6.84.